The van der Waals surface area contributed by atoms with Crippen molar-refractivity contribution in [2.75, 3.05) is 0 Å². The van der Waals surface area contributed by atoms with E-state index in [9.17, 15) is 0 Å². The van der Waals surface area contributed by atoms with Gasteiger partial charge in [0, 0.05) is 5.41 Å². The Morgan fingerprint density at radius 1 is 1.21 bits per heavy atom. The largest absolute Gasteiger partial charge is 0.0950 e. The molecule has 1 rings (SSSR count). The molecule has 0 bridgehead atoms. The van der Waals surface area contributed by atoms with Crippen LogP contribution in [0.25, 0.3) is 0 Å². The molecule has 0 radical (unpaired) electrons. The highest BCUT2D eigenvalue weighted by molar-refractivity contribution is 5.37. The van der Waals surface area contributed by atoms with E-state index in [4.69, 9.17) is 0 Å². The molecule has 0 aromatic heterocycles. The summed E-state index contributed by atoms with van der Waals surface area (Å²) >= 11 is 0. The lowest BCUT2D eigenvalue weighted by Gasteiger charge is -2.26. The summed E-state index contributed by atoms with van der Waals surface area (Å²) in [4.78, 5) is 0. The molecular weight excluding hydrogens is 168 g/mol. The first kappa shape index (κ1) is 10.8. The van der Waals surface area contributed by atoms with Crippen molar-refractivity contribution < 1.29 is 0 Å². The molecule has 0 amide bonds. The highest BCUT2D eigenvalue weighted by Crippen LogP contribution is 2.30. The fourth-order valence-electron chi connectivity index (χ4n) is 1.45. The van der Waals surface area contributed by atoms with Gasteiger partial charge in [0.1, 0.15) is 0 Å². The minimum Gasteiger partial charge on any atom is -0.0950 e. The fraction of sp³-hybridized carbons (Fsp3) is 0.286. The van der Waals surface area contributed by atoms with Crippen molar-refractivity contribution in [3.8, 4) is 0 Å². The first-order valence-electron chi connectivity index (χ1n) is 4.96. The van der Waals surface area contributed by atoms with Crippen molar-refractivity contribution in [2.24, 2.45) is 0 Å². The van der Waals surface area contributed by atoms with Crippen LogP contribution in [0, 0.1) is 0 Å². The van der Waals surface area contributed by atoms with Crippen LogP contribution in [0.15, 0.2) is 54.6 Å². The van der Waals surface area contributed by atoms with Crippen molar-refractivity contribution in [3.63, 3.8) is 0 Å². The van der Waals surface area contributed by atoms with Crippen LogP contribution < -0.4 is 0 Å². The summed E-state index contributed by atoms with van der Waals surface area (Å²) in [5.41, 5.74) is 2.47. The zero-order chi connectivity index (χ0) is 10.6. The van der Waals surface area contributed by atoms with E-state index in [0.29, 0.717) is 0 Å². The molecule has 0 aliphatic rings. The Bertz CT molecular complexity index is 328. The summed E-state index contributed by atoms with van der Waals surface area (Å²) in [7, 11) is 0. The summed E-state index contributed by atoms with van der Waals surface area (Å²) in [6.45, 7) is 10.5. The van der Waals surface area contributed by atoms with E-state index in [0.717, 1.165) is 5.57 Å². The van der Waals surface area contributed by atoms with Gasteiger partial charge in [-0.3, -0.25) is 0 Å². The quantitative estimate of drug-likeness (QED) is 0.623. The van der Waals surface area contributed by atoms with Crippen LogP contribution in [0.5, 0.6) is 0 Å². The summed E-state index contributed by atoms with van der Waals surface area (Å²) in [6.07, 6.45) is 4.11. The van der Waals surface area contributed by atoms with Gasteiger partial charge in [-0.25, -0.2) is 0 Å². The monoisotopic (exact) mass is 186 g/mol. The molecule has 0 saturated carbocycles. The van der Waals surface area contributed by atoms with Gasteiger partial charge >= 0.3 is 0 Å². The Morgan fingerprint density at radius 3 is 2.29 bits per heavy atom. The number of rotatable bonds is 3. The minimum atomic E-state index is 0.0216. The molecule has 74 valence electrons. The average molecular weight is 186 g/mol. The maximum atomic E-state index is 4.11. The molecular formula is C14H18. The van der Waals surface area contributed by atoms with E-state index < -0.39 is 0 Å². The molecule has 0 aliphatic carbocycles. The maximum Gasteiger partial charge on any atom is 0.0140 e. The Balaban J connectivity index is 3.02. The third-order valence-electron chi connectivity index (χ3n) is 2.67. The van der Waals surface area contributed by atoms with Crippen LogP contribution in [0.3, 0.4) is 0 Å². The number of benzene rings is 1. The van der Waals surface area contributed by atoms with Crippen LogP contribution in [-0.2, 0) is 5.41 Å². The second-order valence-corrected chi connectivity index (χ2v) is 4.02. The molecule has 1 aromatic rings. The zero-order valence-corrected chi connectivity index (χ0v) is 9.25. The second kappa shape index (κ2) is 4.28. The number of hydrogen-bond donors (Lipinski definition) is 0. The highest BCUT2D eigenvalue weighted by atomic mass is 14.2. The molecule has 0 nitrogen and oxygen atoms in total. The van der Waals surface area contributed by atoms with Gasteiger partial charge in [0.05, 0.1) is 0 Å². The normalized spacial score (nSPS) is 11.9. The topological polar surface area (TPSA) is 0 Å². The zero-order valence-electron chi connectivity index (χ0n) is 9.25. The van der Waals surface area contributed by atoms with Gasteiger partial charge in [-0.05, 0) is 18.1 Å². The Hall–Kier alpha value is -1.30. The van der Waals surface area contributed by atoms with Crippen molar-refractivity contribution in [3.05, 3.63) is 60.2 Å². The smallest absolute Gasteiger partial charge is 0.0140 e. The molecule has 0 N–H and O–H groups in total. The van der Waals surface area contributed by atoms with Gasteiger partial charge < -0.3 is 0 Å². The molecule has 0 atom stereocenters. The van der Waals surface area contributed by atoms with E-state index in [1.165, 1.54) is 5.56 Å². The lowest BCUT2D eigenvalue weighted by molar-refractivity contribution is 0.641. The summed E-state index contributed by atoms with van der Waals surface area (Å²) in [6, 6.07) is 10.5. The molecule has 0 fully saturated rings. The van der Waals surface area contributed by atoms with Crippen molar-refractivity contribution in [1.29, 1.82) is 0 Å². The van der Waals surface area contributed by atoms with Gasteiger partial charge in [-0.2, -0.15) is 0 Å². The van der Waals surface area contributed by atoms with Crippen LogP contribution in [0.2, 0.25) is 0 Å². The van der Waals surface area contributed by atoms with E-state index in [1.807, 2.05) is 19.1 Å². The summed E-state index contributed by atoms with van der Waals surface area (Å²) in [5.74, 6) is 0. The third-order valence-corrected chi connectivity index (χ3v) is 2.67. The molecule has 1 aromatic carbocycles. The first-order chi connectivity index (χ1) is 6.59. The van der Waals surface area contributed by atoms with Crippen molar-refractivity contribution in [2.45, 2.75) is 26.2 Å². The van der Waals surface area contributed by atoms with Crippen LogP contribution in [0.4, 0.5) is 0 Å². The van der Waals surface area contributed by atoms with E-state index in [-0.39, 0.29) is 5.41 Å². The second-order valence-electron chi connectivity index (χ2n) is 4.02. The number of hydrogen-bond acceptors (Lipinski definition) is 0. The van der Waals surface area contributed by atoms with Crippen LogP contribution in [0.1, 0.15) is 26.3 Å². The molecule has 0 unspecified atom stereocenters. The van der Waals surface area contributed by atoms with E-state index >= 15 is 0 Å². The van der Waals surface area contributed by atoms with Crippen molar-refractivity contribution in [1.82, 2.24) is 0 Å². The predicted molar refractivity (Wildman–Crippen MR) is 63.4 cm³/mol. The Morgan fingerprint density at radius 2 is 1.79 bits per heavy atom. The van der Waals surface area contributed by atoms with Gasteiger partial charge in [0.15, 0.2) is 0 Å². The lowest BCUT2D eigenvalue weighted by Crippen LogP contribution is -2.18. The van der Waals surface area contributed by atoms with Crippen LogP contribution in [-0.4, -0.2) is 0 Å². The Kier molecular flexibility index (Phi) is 3.29. The predicted octanol–water partition coefficient (Wildman–Crippen LogP) is 4.10. The van der Waals surface area contributed by atoms with Gasteiger partial charge in [0.25, 0.3) is 0 Å². The van der Waals surface area contributed by atoms with Crippen molar-refractivity contribution >= 4 is 0 Å². The molecule has 0 spiro atoms. The van der Waals surface area contributed by atoms with E-state index in [1.54, 1.807) is 0 Å². The Labute approximate surface area is 87.0 Å². The molecule has 0 aliphatic heterocycles. The van der Waals surface area contributed by atoms with Gasteiger partial charge in [0.2, 0.25) is 0 Å². The highest BCUT2D eigenvalue weighted by Gasteiger charge is 2.21. The van der Waals surface area contributed by atoms with Gasteiger partial charge in [-0.15, -0.1) is 0 Å². The summed E-state index contributed by atoms with van der Waals surface area (Å²) < 4.78 is 0. The average Bonchev–Trinajstić information content (AvgIpc) is 2.19. The fourth-order valence-corrected chi connectivity index (χ4v) is 1.45. The van der Waals surface area contributed by atoms with E-state index in [2.05, 4.69) is 50.8 Å². The standard InChI is InChI=1S/C14H18/c1-5-9-12(2)14(3,4)13-10-7-6-8-11-13/h5-11H,2H2,1,3-4H3/b9-5-. The minimum absolute atomic E-state index is 0.0216. The SMILES string of the molecule is C=C(/C=C\C)C(C)(C)c1ccccc1. The molecule has 14 heavy (non-hydrogen) atoms. The molecule has 0 heteroatoms. The maximum absolute atomic E-state index is 4.11. The van der Waals surface area contributed by atoms with Crippen LogP contribution >= 0.6 is 0 Å². The first-order valence-corrected chi connectivity index (χ1v) is 4.96. The molecule has 0 saturated heterocycles. The molecule has 0 heterocycles. The lowest BCUT2D eigenvalue weighted by atomic mass is 9.78. The summed E-state index contributed by atoms with van der Waals surface area (Å²) in [5, 5.41) is 0. The number of allylic oxidation sites excluding steroid dienone is 3. The third kappa shape index (κ3) is 2.14. The van der Waals surface area contributed by atoms with Gasteiger partial charge in [-0.1, -0.05) is 62.9 Å².